The number of rotatable bonds is 11. The molecule has 0 bridgehead atoms. The number of carbonyl (C=O) groups excluding carboxylic acids is 2. The van der Waals surface area contributed by atoms with E-state index >= 15 is 4.39 Å². The van der Waals surface area contributed by atoms with Gasteiger partial charge in [-0.15, -0.1) is 0 Å². The average molecular weight is 689 g/mol. The van der Waals surface area contributed by atoms with Gasteiger partial charge in [-0.3, -0.25) is 4.79 Å². The first-order valence-electron chi connectivity index (χ1n) is 17.0. The van der Waals surface area contributed by atoms with Gasteiger partial charge in [-0.2, -0.15) is 4.39 Å². The summed E-state index contributed by atoms with van der Waals surface area (Å²) in [5, 5.41) is 3.43. The molecule has 7 rings (SSSR count). The molecule has 14 heteroatoms. The monoisotopic (exact) mass is 688 g/mol. The zero-order valence-corrected chi connectivity index (χ0v) is 28.9. The quantitative estimate of drug-likeness (QED) is 0.181. The van der Waals surface area contributed by atoms with Crippen molar-refractivity contribution in [2.45, 2.75) is 77.5 Å². The number of pyridine rings is 1. The van der Waals surface area contributed by atoms with E-state index in [2.05, 4.69) is 14.9 Å². The number of para-hydroxylation sites is 1. The minimum atomic E-state index is -1.61. The number of nitrogens with zero attached hydrogens (tertiary/aromatic N) is 7. The summed E-state index contributed by atoms with van der Waals surface area (Å²) >= 11 is 0. The highest BCUT2D eigenvalue weighted by molar-refractivity contribution is 5.99. The van der Waals surface area contributed by atoms with Crippen LogP contribution in [0.3, 0.4) is 0 Å². The highest BCUT2D eigenvalue weighted by Crippen LogP contribution is 2.40. The SMILES string of the molecule is CC(C(F)Oc1cccc2cc(-c3nc4cc5c(nc4n3C)CCN(C[C@@H](CF)NC(=O)OC(C)(C)C)C5=O)n(CC3CC3)c12)n1ccnc1. The maximum Gasteiger partial charge on any atom is 0.408 e. The third-order valence-corrected chi connectivity index (χ3v) is 9.27. The van der Waals surface area contributed by atoms with Crippen molar-refractivity contribution in [3.8, 4) is 17.3 Å². The van der Waals surface area contributed by atoms with E-state index in [1.165, 1.54) is 4.90 Å². The Balaban J connectivity index is 1.19. The average Bonchev–Trinajstić information content (AvgIpc) is 3.43. The molecule has 1 saturated carbocycles. The standard InChI is InChI=1S/C36H42F2N8O4/c1-21(45-14-12-39-20-45)31(38)49-29-8-6-7-23-15-28(46(30(23)29)18-22-9-10-22)33-42-27-16-25-26(41-32(27)43(33)5)11-13-44(34(25)47)19-24(17-37)40-35(48)50-36(2,3)4/h6-8,12,14-16,20-22,24,31H,9-11,13,17-19H2,1-5H3,(H,40,48)/t21?,24-,31?/m1/s1. The van der Waals surface area contributed by atoms with E-state index in [1.807, 2.05) is 29.8 Å². The number of hydrogen-bond donors (Lipinski definition) is 1. The Morgan fingerprint density at radius 2 is 1.98 bits per heavy atom. The summed E-state index contributed by atoms with van der Waals surface area (Å²) in [4.78, 5) is 41.4. The zero-order valence-electron chi connectivity index (χ0n) is 28.9. The minimum Gasteiger partial charge on any atom is -0.456 e. The Morgan fingerprint density at radius 3 is 2.68 bits per heavy atom. The first-order valence-corrected chi connectivity index (χ1v) is 17.0. The van der Waals surface area contributed by atoms with Crippen molar-refractivity contribution in [3.63, 3.8) is 0 Å². The van der Waals surface area contributed by atoms with Crippen LogP contribution in [-0.4, -0.2) is 83.3 Å². The summed E-state index contributed by atoms with van der Waals surface area (Å²) in [6, 6.07) is 7.92. The van der Waals surface area contributed by atoms with Crippen LogP contribution >= 0.6 is 0 Å². The molecule has 264 valence electrons. The van der Waals surface area contributed by atoms with Crippen LogP contribution in [0, 0.1) is 5.92 Å². The Bertz CT molecular complexity index is 2050. The summed E-state index contributed by atoms with van der Waals surface area (Å²) < 4.78 is 46.5. The van der Waals surface area contributed by atoms with Crippen LogP contribution in [-0.2, 0) is 24.8 Å². The summed E-state index contributed by atoms with van der Waals surface area (Å²) in [7, 11) is 1.90. The number of benzene rings is 1. The molecular weight excluding hydrogens is 646 g/mol. The lowest BCUT2D eigenvalue weighted by molar-refractivity contribution is 0.0249. The van der Waals surface area contributed by atoms with Crippen LogP contribution in [0.25, 0.3) is 33.6 Å². The van der Waals surface area contributed by atoms with Crippen LogP contribution < -0.4 is 10.1 Å². The number of ether oxygens (including phenoxy) is 2. The molecule has 1 N–H and O–H groups in total. The molecule has 5 heterocycles. The molecule has 1 fully saturated rings. The molecule has 12 nitrogen and oxygen atoms in total. The molecule has 1 aliphatic carbocycles. The number of aromatic nitrogens is 6. The Hall–Kier alpha value is -5.01. The number of nitrogens with one attached hydrogen (secondary N) is 1. The molecule has 4 aromatic heterocycles. The largest absolute Gasteiger partial charge is 0.456 e. The van der Waals surface area contributed by atoms with Gasteiger partial charge in [0.1, 0.15) is 23.5 Å². The van der Waals surface area contributed by atoms with Crippen LogP contribution in [0.5, 0.6) is 5.75 Å². The van der Waals surface area contributed by atoms with Gasteiger partial charge in [0.05, 0.1) is 40.9 Å². The first-order chi connectivity index (χ1) is 23.9. The topological polar surface area (TPSA) is 121 Å². The molecule has 5 aromatic rings. The van der Waals surface area contributed by atoms with E-state index in [-0.39, 0.29) is 12.5 Å². The Morgan fingerprint density at radius 1 is 1.18 bits per heavy atom. The van der Waals surface area contributed by atoms with Crippen LogP contribution in [0.1, 0.15) is 62.6 Å². The molecule has 2 amide bonds. The molecule has 2 aliphatic rings. The number of alkyl halides is 2. The second kappa shape index (κ2) is 13.0. The molecule has 0 spiro atoms. The van der Waals surface area contributed by atoms with E-state index < -0.39 is 36.8 Å². The van der Waals surface area contributed by atoms with Crippen LogP contribution in [0.2, 0.25) is 0 Å². The number of hydrogen-bond acceptors (Lipinski definition) is 7. The van der Waals surface area contributed by atoms with E-state index in [0.29, 0.717) is 52.9 Å². The Labute approximate surface area is 288 Å². The molecular formula is C36H42F2N8O4. The van der Waals surface area contributed by atoms with Gasteiger partial charge in [-0.1, -0.05) is 12.1 Å². The van der Waals surface area contributed by atoms with Crippen LogP contribution in [0.15, 0.2) is 49.1 Å². The van der Waals surface area contributed by atoms with Crippen molar-refractivity contribution in [2.24, 2.45) is 13.0 Å². The normalized spacial score (nSPS) is 16.8. The van der Waals surface area contributed by atoms with Crippen molar-refractivity contribution in [3.05, 3.63) is 60.3 Å². The fourth-order valence-electron chi connectivity index (χ4n) is 6.50. The number of halogens is 2. The number of fused-ring (bicyclic) bond motifs is 3. The van der Waals surface area contributed by atoms with E-state index in [1.54, 1.807) is 63.1 Å². The lowest BCUT2D eigenvalue weighted by atomic mass is 10.0. The smallest absolute Gasteiger partial charge is 0.408 e. The fourth-order valence-corrected chi connectivity index (χ4v) is 6.50. The second-order valence-corrected chi connectivity index (χ2v) is 14.3. The predicted octanol–water partition coefficient (Wildman–Crippen LogP) is 5.99. The van der Waals surface area contributed by atoms with E-state index in [9.17, 15) is 14.0 Å². The lowest BCUT2D eigenvalue weighted by Crippen LogP contribution is -2.50. The third-order valence-electron chi connectivity index (χ3n) is 9.27. The second-order valence-electron chi connectivity index (χ2n) is 14.3. The summed E-state index contributed by atoms with van der Waals surface area (Å²) in [6.07, 6.45) is 5.23. The molecule has 2 unspecified atom stereocenters. The summed E-state index contributed by atoms with van der Waals surface area (Å²) in [5.41, 5.74) is 3.12. The van der Waals surface area contributed by atoms with Crippen molar-refractivity contribution in [1.82, 2.24) is 38.9 Å². The minimum absolute atomic E-state index is 0.00790. The first kappa shape index (κ1) is 33.5. The highest BCUT2D eigenvalue weighted by atomic mass is 19.1. The number of carbonyl (C=O) groups is 2. The summed E-state index contributed by atoms with van der Waals surface area (Å²) in [6.45, 7) is 7.12. The van der Waals surface area contributed by atoms with E-state index in [0.717, 1.165) is 36.0 Å². The van der Waals surface area contributed by atoms with Crippen molar-refractivity contribution < 1.29 is 27.8 Å². The van der Waals surface area contributed by atoms with Gasteiger partial charge in [0.25, 0.3) is 12.3 Å². The predicted molar refractivity (Wildman–Crippen MR) is 183 cm³/mol. The number of alkyl carbamates (subject to hydrolysis) is 1. The van der Waals surface area contributed by atoms with Gasteiger partial charge in [0.2, 0.25) is 0 Å². The highest BCUT2D eigenvalue weighted by Gasteiger charge is 2.32. The molecule has 1 aromatic carbocycles. The van der Waals surface area contributed by atoms with E-state index in [4.69, 9.17) is 19.4 Å². The number of aryl methyl sites for hydroxylation is 1. The third kappa shape index (κ3) is 6.62. The van der Waals surface area contributed by atoms with Crippen molar-refractivity contribution in [1.29, 1.82) is 0 Å². The molecule has 0 radical (unpaired) electrons. The maximum atomic E-state index is 15.5. The molecule has 3 atom stereocenters. The molecule has 50 heavy (non-hydrogen) atoms. The molecule has 1 aliphatic heterocycles. The number of amides is 2. The fraction of sp³-hybridized carbons (Fsp3) is 0.472. The maximum absolute atomic E-state index is 15.5. The van der Waals surface area contributed by atoms with Gasteiger partial charge in [-0.05, 0) is 64.7 Å². The van der Waals surface area contributed by atoms with Gasteiger partial charge < -0.3 is 33.4 Å². The number of imidazole rings is 2. The van der Waals surface area contributed by atoms with Gasteiger partial charge >= 0.3 is 6.09 Å². The summed E-state index contributed by atoms with van der Waals surface area (Å²) in [5.74, 6) is 1.29. The Kier molecular flexibility index (Phi) is 8.73. The van der Waals surface area contributed by atoms with Crippen molar-refractivity contribution >= 4 is 34.1 Å². The van der Waals surface area contributed by atoms with Gasteiger partial charge in [0.15, 0.2) is 11.5 Å². The molecule has 0 saturated heterocycles. The van der Waals surface area contributed by atoms with Gasteiger partial charge in [-0.25, -0.2) is 24.1 Å². The lowest BCUT2D eigenvalue weighted by Gasteiger charge is -2.31. The van der Waals surface area contributed by atoms with Crippen molar-refractivity contribution in [2.75, 3.05) is 19.8 Å². The van der Waals surface area contributed by atoms with Gasteiger partial charge in [0, 0.05) is 50.9 Å². The van der Waals surface area contributed by atoms with Crippen LogP contribution in [0.4, 0.5) is 13.6 Å². The zero-order chi connectivity index (χ0) is 35.3.